The fourth-order valence-electron chi connectivity index (χ4n) is 4.65. The minimum atomic E-state index is 0.199. The van der Waals surface area contributed by atoms with E-state index in [0.717, 1.165) is 57.8 Å². The molecule has 0 aromatic rings. The number of nitrogens with one attached hydrogen (secondary N) is 2. The molecule has 0 radical (unpaired) electrons. The van der Waals surface area contributed by atoms with Crippen LogP contribution in [0.3, 0.4) is 0 Å². The summed E-state index contributed by atoms with van der Waals surface area (Å²) in [5, 5.41) is 7.06. The number of hydrogen-bond donors (Lipinski definition) is 2. The molecule has 2 N–H and O–H groups in total. The molecule has 2 fully saturated rings. The van der Waals surface area contributed by atoms with Crippen LogP contribution in [0.15, 0.2) is 4.99 Å². The van der Waals surface area contributed by atoms with Crippen molar-refractivity contribution in [3.63, 3.8) is 0 Å². The van der Waals surface area contributed by atoms with Gasteiger partial charge in [-0.05, 0) is 57.3 Å². The molecule has 156 valence electrons. The molecule has 0 spiro atoms. The van der Waals surface area contributed by atoms with Gasteiger partial charge in [0.25, 0.3) is 0 Å². The number of piperidine rings is 1. The van der Waals surface area contributed by atoms with Crippen molar-refractivity contribution in [3.05, 3.63) is 0 Å². The van der Waals surface area contributed by atoms with Crippen LogP contribution < -0.4 is 10.6 Å². The van der Waals surface area contributed by atoms with E-state index in [2.05, 4.69) is 43.2 Å². The highest BCUT2D eigenvalue weighted by Gasteiger charge is 2.32. The number of amides is 1. The quantitative estimate of drug-likeness (QED) is 0.497. The lowest BCUT2D eigenvalue weighted by molar-refractivity contribution is -0.136. The number of hydrogen-bond acceptors (Lipinski definition) is 2. The fraction of sp³-hybridized carbons (Fsp3) is 0.909. The van der Waals surface area contributed by atoms with Gasteiger partial charge in [0.2, 0.25) is 5.91 Å². The molecule has 0 aromatic carbocycles. The molecule has 0 unspecified atom stereocenters. The average Bonchev–Trinajstić information content (AvgIpc) is 3.17. The van der Waals surface area contributed by atoms with Gasteiger partial charge in [0.1, 0.15) is 0 Å². The molecule has 0 atom stereocenters. The van der Waals surface area contributed by atoms with Crippen LogP contribution in [-0.4, -0.2) is 49.0 Å². The van der Waals surface area contributed by atoms with E-state index in [1.54, 1.807) is 0 Å². The Bertz CT molecular complexity index is 473. The number of likely N-dealkylation sites (tertiary alicyclic amines) is 1. The van der Waals surface area contributed by atoms with E-state index in [1.807, 2.05) is 0 Å². The molecular weight excluding hydrogens is 336 g/mol. The number of nitrogens with zero attached hydrogens (tertiary/aromatic N) is 2. The zero-order valence-electron chi connectivity index (χ0n) is 18.1. The lowest BCUT2D eigenvalue weighted by Gasteiger charge is -2.35. The maximum Gasteiger partial charge on any atom is 0.225 e. The second-order valence-electron chi connectivity index (χ2n) is 8.51. The van der Waals surface area contributed by atoms with Crippen molar-refractivity contribution in [3.8, 4) is 0 Å². The first-order chi connectivity index (χ1) is 13.1. The highest BCUT2D eigenvalue weighted by Crippen LogP contribution is 2.41. The molecule has 2 aliphatic rings. The summed E-state index contributed by atoms with van der Waals surface area (Å²) >= 11 is 0. The summed E-state index contributed by atoms with van der Waals surface area (Å²) in [6.45, 7) is 12.2. The summed E-state index contributed by atoms with van der Waals surface area (Å²) < 4.78 is 0. The topological polar surface area (TPSA) is 56.7 Å². The largest absolute Gasteiger partial charge is 0.357 e. The van der Waals surface area contributed by atoms with Crippen LogP contribution in [-0.2, 0) is 4.79 Å². The van der Waals surface area contributed by atoms with E-state index >= 15 is 0 Å². The molecule has 1 aliphatic heterocycles. The molecule has 5 nitrogen and oxygen atoms in total. The lowest BCUT2D eigenvalue weighted by Crippen LogP contribution is -2.50. The van der Waals surface area contributed by atoms with Crippen LogP contribution in [0.2, 0.25) is 0 Å². The third-order valence-corrected chi connectivity index (χ3v) is 6.81. The van der Waals surface area contributed by atoms with Crippen LogP contribution in [0, 0.1) is 11.3 Å². The van der Waals surface area contributed by atoms with E-state index in [0.29, 0.717) is 17.4 Å². The molecule has 1 aliphatic carbocycles. The Morgan fingerprint density at radius 2 is 1.74 bits per heavy atom. The van der Waals surface area contributed by atoms with Crippen molar-refractivity contribution in [2.75, 3.05) is 26.2 Å². The second kappa shape index (κ2) is 10.9. The van der Waals surface area contributed by atoms with Gasteiger partial charge in [-0.2, -0.15) is 0 Å². The van der Waals surface area contributed by atoms with Crippen LogP contribution in [0.4, 0.5) is 0 Å². The minimum absolute atomic E-state index is 0.199. The third-order valence-electron chi connectivity index (χ3n) is 6.81. The molecule has 27 heavy (non-hydrogen) atoms. The normalized spacial score (nSPS) is 20.9. The zero-order valence-corrected chi connectivity index (χ0v) is 18.1. The molecule has 5 heteroatoms. The standard InChI is InChI=1S/C22H42N4O/c1-5-18(6-2)20(27)26-15-11-19(12-16-26)25-21(23-8-4)24-17-22(7-3)13-9-10-14-22/h18-19H,5-17H2,1-4H3,(H2,23,24,25). The highest BCUT2D eigenvalue weighted by atomic mass is 16.2. The number of carbonyl (C=O) groups is 1. The SMILES string of the molecule is CCNC(=NCC1(CC)CCCC1)NC1CCN(C(=O)C(CC)CC)CC1. The highest BCUT2D eigenvalue weighted by molar-refractivity contribution is 5.80. The van der Waals surface area contributed by atoms with Gasteiger partial charge in [0, 0.05) is 38.1 Å². The lowest BCUT2D eigenvalue weighted by atomic mass is 9.84. The Hall–Kier alpha value is -1.26. The van der Waals surface area contributed by atoms with Crippen LogP contribution >= 0.6 is 0 Å². The van der Waals surface area contributed by atoms with E-state index < -0.39 is 0 Å². The Labute approximate surface area is 166 Å². The van der Waals surface area contributed by atoms with Crippen molar-refractivity contribution < 1.29 is 4.79 Å². The third kappa shape index (κ3) is 6.11. The summed E-state index contributed by atoms with van der Waals surface area (Å²) in [6.07, 6.45) is 10.5. The van der Waals surface area contributed by atoms with Crippen LogP contribution in [0.1, 0.15) is 85.5 Å². The predicted octanol–water partition coefficient (Wildman–Crippen LogP) is 3.94. The van der Waals surface area contributed by atoms with E-state index in [-0.39, 0.29) is 5.92 Å². The molecule has 1 amide bonds. The zero-order chi connectivity index (χ0) is 19.7. The Balaban J connectivity index is 1.86. The monoisotopic (exact) mass is 378 g/mol. The smallest absolute Gasteiger partial charge is 0.225 e. The predicted molar refractivity (Wildman–Crippen MR) is 114 cm³/mol. The number of aliphatic imine (C=N–C) groups is 1. The number of carbonyl (C=O) groups excluding carboxylic acids is 1. The van der Waals surface area contributed by atoms with Crippen molar-refractivity contribution in [2.24, 2.45) is 16.3 Å². The average molecular weight is 379 g/mol. The second-order valence-corrected chi connectivity index (χ2v) is 8.51. The van der Waals surface area contributed by atoms with Crippen LogP contribution in [0.5, 0.6) is 0 Å². The molecule has 1 saturated carbocycles. The van der Waals surface area contributed by atoms with Gasteiger partial charge in [-0.3, -0.25) is 9.79 Å². The summed E-state index contributed by atoms with van der Waals surface area (Å²) in [5.41, 5.74) is 0.424. The maximum atomic E-state index is 12.6. The van der Waals surface area contributed by atoms with E-state index in [9.17, 15) is 4.79 Å². The number of guanidine groups is 1. The van der Waals surface area contributed by atoms with Gasteiger partial charge < -0.3 is 15.5 Å². The number of rotatable bonds is 8. The van der Waals surface area contributed by atoms with Gasteiger partial charge in [0.05, 0.1) is 0 Å². The van der Waals surface area contributed by atoms with Gasteiger partial charge in [-0.15, -0.1) is 0 Å². The first-order valence-electron chi connectivity index (χ1n) is 11.4. The Morgan fingerprint density at radius 3 is 2.26 bits per heavy atom. The molecule has 1 heterocycles. The first kappa shape index (κ1) is 22.0. The fourth-order valence-corrected chi connectivity index (χ4v) is 4.65. The van der Waals surface area contributed by atoms with E-state index in [1.165, 1.54) is 32.1 Å². The molecule has 0 aromatic heterocycles. The Kier molecular flexibility index (Phi) is 8.91. The molecule has 2 rings (SSSR count). The van der Waals surface area contributed by atoms with Gasteiger partial charge in [-0.1, -0.05) is 33.6 Å². The van der Waals surface area contributed by atoms with Crippen molar-refractivity contribution >= 4 is 11.9 Å². The van der Waals surface area contributed by atoms with Crippen LogP contribution in [0.25, 0.3) is 0 Å². The summed E-state index contributed by atoms with van der Waals surface area (Å²) in [4.78, 5) is 19.6. The maximum absolute atomic E-state index is 12.6. The van der Waals surface area contributed by atoms with Crippen molar-refractivity contribution in [2.45, 2.75) is 91.5 Å². The minimum Gasteiger partial charge on any atom is -0.357 e. The van der Waals surface area contributed by atoms with Crippen molar-refractivity contribution in [1.29, 1.82) is 0 Å². The van der Waals surface area contributed by atoms with Gasteiger partial charge >= 0.3 is 0 Å². The van der Waals surface area contributed by atoms with Crippen molar-refractivity contribution in [1.82, 2.24) is 15.5 Å². The van der Waals surface area contributed by atoms with Gasteiger partial charge in [-0.25, -0.2) is 0 Å². The van der Waals surface area contributed by atoms with E-state index in [4.69, 9.17) is 4.99 Å². The summed E-state index contributed by atoms with van der Waals surface area (Å²) in [7, 11) is 0. The molecular formula is C22H42N4O. The molecule has 1 saturated heterocycles. The summed E-state index contributed by atoms with van der Waals surface area (Å²) in [6, 6.07) is 0.412. The first-order valence-corrected chi connectivity index (χ1v) is 11.4. The van der Waals surface area contributed by atoms with Gasteiger partial charge in [0.15, 0.2) is 5.96 Å². The Morgan fingerprint density at radius 1 is 1.11 bits per heavy atom. The molecule has 0 bridgehead atoms. The summed E-state index contributed by atoms with van der Waals surface area (Å²) in [5.74, 6) is 1.51.